The number of likely N-dealkylation sites (tertiary alicyclic amines) is 1. The number of amides is 2. The maximum absolute atomic E-state index is 13.2. The number of methoxy groups -OCH3 is 1. The summed E-state index contributed by atoms with van der Waals surface area (Å²) in [7, 11) is 1.50. The first kappa shape index (κ1) is 27.6. The van der Waals surface area contributed by atoms with Gasteiger partial charge in [0.05, 0.1) is 29.8 Å². The van der Waals surface area contributed by atoms with Gasteiger partial charge in [-0.3, -0.25) is 14.4 Å². The molecule has 38 heavy (non-hydrogen) atoms. The molecule has 2 N–H and O–H groups in total. The minimum Gasteiger partial charge on any atom is -0.495 e. The van der Waals surface area contributed by atoms with E-state index in [1.165, 1.54) is 26.4 Å². The zero-order chi connectivity index (χ0) is 27.1. The van der Waals surface area contributed by atoms with Crippen LogP contribution in [0.5, 0.6) is 5.75 Å². The van der Waals surface area contributed by atoms with Crippen molar-refractivity contribution < 1.29 is 14.3 Å². The lowest BCUT2D eigenvalue weighted by Gasteiger charge is -2.35. The van der Waals surface area contributed by atoms with Crippen molar-refractivity contribution in [2.75, 3.05) is 33.3 Å². The summed E-state index contributed by atoms with van der Waals surface area (Å²) in [4.78, 5) is 41.2. The maximum Gasteiger partial charge on any atom is 0.279 e. The van der Waals surface area contributed by atoms with Crippen molar-refractivity contribution in [1.29, 1.82) is 0 Å². The molecule has 2 heterocycles. The summed E-state index contributed by atoms with van der Waals surface area (Å²) in [5, 5.41) is 10.9. The SMILES string of the molecule is CC[C@@H]1CCCCN1CCCNC(=O)CNC(=O)c1nn(-c2ccc(OC)c(Cl)c2)c(=O)c2ccccc12. The Hall–Kier alpha value is -3.43. The number of ether oxygens (including phenoxy) is 1. The van der Waals surface area contributed by atoms with E-state index in [0.717, 1.165) is 30.6 Å². The molecule has 2 aromatic carbocycles. The van der Waals surface area contributed by atoms with E-state index < -0.39 is 11.5 Å². The normalized spacial score (nSPS) is 15.8. The Labute approximate surface area is 227 Å². The number of hydrogen-bond donors (Lipinski definition) is 2. The van der Waals surface area contributed by atoms with Gasteiger partial charge >= 0.3 is 0 Å². The van der Waals surface area contributed by atoms with E-state index in [9.17, 15) is 14.4 Å². The zero-order valence-electron chi connectivity index (χ0n) is 21.8. The molecule has 0 spiro atoms. The molecule has 0 unspecified atom stereocenters. The first-order valence-electron chi connectivity index (χ1n) is 13.1. The second kappa shape index (κ2) is 12.9. The third-order valence-electron chi connectivity index (χ3n) is 6.97. The van der Waals surface area contributed by atoms with Crippen molar-refractivity contribution in [3.8, 4) is 11.4 Å². The van der Waals surface area contributed by atoms with Crippen molar-refractivity contribution in [3.05, 3.63) is 63.5 Å². The monoisotopic (exact) mass is 539 g/mol. The van der Waals surface area contributed by atoms with E-state index in [0.29, 0.717) is 39.8 Å². The first-order chi connectivity index (χ1) is 18.4. The molecule has 3 aromatic rings. The molecular formula is C28H34ClN5O4. The fourth-order valence-electron chi connectivity index (χ4n) is 4.95. The molecule has 10 heteroatoms. The van der Waals surface area contributed by atoms with E-state index in [1.807, 2.05) is 0 Å². The molecule has 2 amide bonds. The molecule has 9 nitrogen and oxygen atoms in total. The summed E-state index contributed by atoms with van der Waals surface area (Å²) >= 11 is 6.25. The number of nitrogens with zero attached hydrogens (tertiary/aromatic N) is 3. The molecule has 0 radical (unpaired) electrons. The number of benzene rings is 2. The molecule has 1 aliphatic heterocycles. The predicted octanol–water partition coefficient (Wildman–Crippen LogP) is 3.55. The van der Waals surface area contributed by atoms with Gasteiger partial charge in [-0.25, -0.2) is 0 Å². The Morgan fingerprint density at radius 1 is 1.13 bits per heavy atom. The number of fused-ring (bicyclic) bond motifs is 1. The minimum atomic E-state index is -0.552. The molecule has 0 bridgehead atoms. The summed E-state index contributed by atoms with van der Waals surface area (Å²) in [5.74, 6) is -0.373. The second-order valence-electron chi connectivity index (χ2n) is 9.41. The van der Waals surface area contributed by atoms with Gasteiger partial charge < -0.3 is 20.3 Å². The average molecular weight is 540 g/mol. The summed E-state index contributed by atoms with van der Waals surface area (Å²) in [6, 6.07) is 12.2. The van der Waals surface area contributed by atoms with Gasteiger partial charge in [-0.1, -0.05) is 43.1 Å². The van der Waals surface area contributed by atoms with Crippen LogP contribution in [0.15, 0.2) is 47.3 Å². The summed E-state index contributed by atoms with van der Waals surface area (Å²) < 4.78 is 6.32. The van der Waals surface area contributed by atoms with Crippen molar-refractivity contribution in [3.63, 3.8) is 0 Å². The number of rotatable bonds is 10. The summed E-state index contributed by atoms with van der Waals surface area (Å²) in [6.07, 6.45) is 5.78. The van der Waals surface area contributed by atoms with Gasteiger partial charge in [0.1, 0.15) is 5.75 Å². The molecule has 4 rings (SSSR count). The van der Waals surface area contributed by atoms with Crippen LogP contribution in [-0.2, 0) is 4.79 Å². The quantitative estimate of drug-likeness (QED) is 0.382. The number of carbonyl (C=O) groups excluding carboxylic acids is 2. The standard InChI is InChI=1S/C28H34ClN5O4/c1-3-19-9-6-7-15-33(19)16-8-14-30-25(35)18-31-27(36)26-21-10-4-5-11-22(21)28(37)34(32-26)20-12-13-24(38-2)23(29)17-20/h4-5,10-13,17,19H,3,6-9,14-16,18H2,1-2H3,(H,30,35)(H,31,36)/t19-/m1/s1. The molecule has 1 saturated heterocycles. The second-order valence-corrected chi connectivity index (χ2v) is 9.82. The van der Waals surface area contributed by atoms with Crippen molar-refractivity contribution in [2.45, 2.75) is 45.1 Å². The highest BCUT2D eigenvalue weighted by Crippen LogP contribution is 2.26. The largest absolute Gasteiger partial charge is 0.495 e. The zero-order valence-corrected chi connectivity index (χ0v) is 22.6. The van der Waals surface area contributed by atoms with Crippen LogP contribution in [-0.4, -0.2) is 65.8 Å². The molecule has 1 aromatic heterocycles. The highest BCUT2D eigenvalue weighted by Gasteiger charge is 2.21. The number of hydrogen-bond acceptors (Lipinski definition) is 6. The van der Waals surface area contributed by atoms with E-state index in [-0.39, 0.29) is 18.1 Å². The van der Waals surface area contributed by atoms with Gasteiger partial charge in [0.2, 0.25) is 5.91 Å². The van der Waals surface area contributed by atoms with E-state index >= 15 is 0 Å². The van der Waals surface area contributed by atoms with Crippen LogP contribution < -0.4 is 20.9 Å². The van der Waals surface area contributed by atoms with Crippen LogP contribution in [0.4, 0.5) is 0 Å². The maximum atomic E-state index is 13.2. The van der Waals surface area contributed by atoms with Gasteiger partial charge in [0.15, 0.2) is 5.69 Å². The smallest absolute Gasteiger partial charge is 0.279 e. The van der Waals surface area contributed by atoms with Crippen LogP contribution in [0, 0.1) is 0 Å². The van der Waals surface area contributed by atoms with Gasteiger partial charge in [-0.05, 0) is 56.5 Å². The van der Waals surface area contributed by atoms with Crippen LogP contribution >= 0.6 is 11.6 Å². The molecule has 1 atom stereocenters. The first-order valence-corrected chi connectivity index (χ1v) is 13.5. The van der Waals surface area contributed by atoms with Crippen molar-refractivity contribution in [2.24, 2.45) is 0 Å². The Balaban J connectivity index is 1.42. The predicted molar refractivity (Wildman–Crippen MR) is 148 cm³/mol. The molecule has 0 aliphatic carbocycles. The van der Waals surface area contributed by atoms with Crippen molar-refractivity contribution >= 4 is 34.2 Å². The summed E-state index contributed by atoms with van der Waals surface area (Å²) in [6.45, 7) is 4.66. The lowest BCUT2D eigenvalue weighted by molar-refractivity contribution is -0.120. The Morgan fingerprint density at radius 3 is 2.66 bits per heavy atom. The molecule has 1 fully saturated rings. The number of nitrogens with one attached hydrogen (secondary N) is 2. The molecular weight excluding hydrogens is 506 g/mol. The highest BCUT2D eigenvalue weighted by molar-refractivity contribution is 6.32. The average Bonchev–Trinajstić information content (AvgIpc) is 2.94. The number of aromatic nitrogens is 2. The lowest BCUT2D eigenvalue weighted by Crippen LogP contribution is -2.41. The van der Waals surface area contributed by atoms with Crippen molar-refractivity contribution in [1.82, 2.24) is 25.3 Å². The Morgan fingerprint density at radius 2 is 1.92 bits per heavy atom. The fraction of sp³-hybridized carbons (Fsp3) is 0.429. The van der Waals surface area contributed by atoms with E-state index in [2.05, 4.69) is 27.6 Å². The summed E-state index contributed by atoms with van der Waals surface area (Å²) in [5.41, 5.74) is 0.0307. The molecule has 202 valence electrons. The Kier molecular flexibility index (Phi) is 9.36. The van der Waals surface area contributed by atoms with Crippen LogP contribution in [0.3, 0.4) is 0 Å². The van der Waals surface area contributed by atoms with E-state index in [1.54, 1.807) is 42.5 Å². The van der Waals surface area contributed by atoms with E-state index in [4.69, 9.17) is 16.3 Å². The van der Waals surface area contributed by atoms with Gasteiger partial charge in [0.25, 0.3) is 11.5 Å². The van der Waals surface area contributed by atoms with Crippen LogP contribution in [0.1, 0.15) is 49.5 Å². The molecule has 1 aliphatic rings. The lowest BCUT2D eigenvalue weighted by atomic mass is 10.00. The van der Waals surface area contributed by atoms with Crippen LogP contribution in [0.25, 0.3) is 16.5 Å². The number of halogens is 1. The van der Waals surface area contributed by atoms with Gasteiger partial charge in [-0.2, -0.15) is 9.78 Å². The highest BCUT2D eigenvalue weighted by atomic mass is 35.5. The van der Waals surface area contributed by atoms with Gasteiger partial charge in [0, 0.05) is 24.5 Å². The Bertz CT molecular complexity index is 1360. The number of carbonyl (C=O) groups is 2. The van der Waals surface area contributed by atoms with Gasteiger partial charge in [-0.15, -0.1) is 0 Å². The third kappa shape index (κ3) is 6.34. The number of piperidine rings is 1. The van der Waals surface area contributed by atoms with Crippen LogP contribution in [0.2, 0.25) is 5.02 Å². The minimum absolute atomic E-state index is 0.0376. The topological polar surface area (TPSA) is 106 Å². The fourth-order valence-corrected chi connectivity index (χ4v) is 5.20. The third-order valence-corrected chi connectivity index (χ3v) is 7.27. The molecule has 0 saturated carbocycles.